The molecule has 0 aliphatic rings. The number of aromatic carboxylic acids is 1. The first-order valence-electron chi connectivity index (χ1n) is 5.07. The zero-order valence-electron chi connectivity index (χ0n) is 9.35. The molecule has 0 amide bonds. The zero-order chi connectivity index (χ0) is 13.4. The first-order chi connectivity index (χ1) is 8.41. The van der Waals surface area contributed by atoms with Crippen LogP contribution in [0.2, 0.25) is 0 Å². The van der Waals surface area contributed by atoms with Crippen molar-refractivity contribution in [2.45, 2.75) is 6.43 Å². The summed E-state index contributed by atoms with van der Waals surface area (Å²) in [6.45, 7) is 0. The van der Waals surface area contributed by atoms with Gasteiger partial charge in [-0.15, -0.1) is 0 Å². The van der Waals surface area contributed by atoms with Crippen LogP contribution in [-0.2, 0) is 7.05 Å². The normalized spacial score (nSPS) is 11.1. The van der Waals surface area contributed by atoms with Crippen molar-refractivity contribution in [1.29, 1.82) is 0 Å². The summed E-state index contributed by atoms with van der Waals surface area (Å²) in [5, 5.41) is 8.92. The Hall–Kier alpha value is -2.24. The van der Waals surface area contributed by atoms with Crippen LogP contribution in [0, 0.1) is 0 Å². The molecule has 0 radical (unpaired) electrons. The van der Waals surface area contributed by atoms with Gasteiger partial charge in [0.05, 0.1) is 11.1 Å². The third kappa shape index (κ3) is 1.85. The Bertz CT molecular complexity index is 692. The van der Waals surface area contributed by atoms with E-state index in [9.17, 15) is 18.4 Å². The molecule has 1 N–H and O–H groups in total. The fourth-order valence-electron chi connectivity index (χ4n) is 1.80. The largest absolute Gasteiger partial charge is 0.478 e. The van der Waals surface area contributed by atoms with Crippen molar-refractivity contribution in [1.82, 2.24) is 4.57 Å². The van der Waals surface area contributed by atoms with Crippen LogP contribution in [0.3, 0.4) is 0 Å². The monoisotopic (exact) mass is 253 g/mol. The predicted octanol–water partition coefficient (Wildman–Crippen LogP) is 2.17. The lowest BCUT2D eigenvalue weighted by Crippen LogP contribution is -2.17. The molecule has 0 aliphatic carbocycles. The Morgan fingerprint density at radius 1 is 1.33 bits per heavy atom. The van der Waals surface area contributed by atoms with Gasteiger partial charge in [0.15, 0.2) is 0 Å². The number of pyridine rings is 1. The number of hydrogen-bond donors (Lipinski definition) is 1. The standard InChI is InChI=1S/C12H9F2NO3/c1-15-9-3-2-6(12(17)18)4-7(9)8(11(13)14)5-10(15)16/h2-5,11H,1H3,(H,17,18). The third-order valence-electron chi connectivity index (χ3n) is 2.76. The van der Waals surface area contributed by atoms with E-state index in [1.54, 1.807) is 0 Å². The molecular formula is C12H9F2NO3. The molecule has 0 atom stereocenters. The number of nitrogens with zero attached hydrogens (tertiary/aromatic N) is 1. The van der Waals surface area contributed by atoms with Gasteiger partial charge in [-0.05, 0) is 18.2 Å². The number of aryl methyl sites for hydroxylation is 1. The van der Waals surface area contributed by atoms with E-state index in [-0.39, 0.29) is 16.5 Å². The molecule has 6 heteroatoms. The van der Waals surface area contributed by atoms with Gasteiger partial charge in [0, 0.05) is 24.1 Å². The van der Waals surface area contributed by atoms with Crippen molar-refractivity contribution in [3.63, 3.8) is 0 Å². The Balaban J connectivity index is 2.91. The quantitative estimate of drug-likeness (QED) is 0.892. The van der Waals surface area contributed by atoms with Gasteiger partial charge in [0.25, 0.3) is 12.0 Å². The van der Waals surface area contributed by atoms with Gasteiger partial charge < -0.3 is 9.67 Å². The van der Waals surface area contributed by atoms with Crippen molar-refractivity contribution >= 4 is 16.9 Å². The highest BCUT2D eigenvalue weighted by atomic mass is 19.3. The lowest BCUT2D eigenvalue weighted by Gasteiger charge is -2.10. The van der Waals surface area contributed by atoms with Gasteiger partial charge in [0.1, 0.15) is 0 Å². The van der Waals surface area contributed by atoms with Crippen LogP contribution in [0.15, 0.2) is 29.1 Å². The van der Waals surface area contributed by atoms with Crippen molar-refractivity contribution in [3.05, 3.63) is 45.7 Å². The van der Waals surface area contributed by atoms with E-state index in [2.05, 4.69) is 0 Å². The Morgan fingerprint density at radius 2 is 2.00 bits per heavy atom. The highest BCUT2D eigenvalue weighted by molar-refractivity contribution is 5.94. The molecule has 18 heavy (non-hydrogen) atoms. The van der Waals surface area contributed by atoms with Crippen LogP contribution >= 0.6 is 0 Å². The fourth-order valence-corrected chi connectivity index (χ4v) is 1.80. The molecule has 1 aromatic heterocycles. The second-order valence-electron chi connectivity index (χ2n) is 3.83. The number of rotatable bonds is 2. The van der Waals surface area contributed by atoms with E-state index < -0.39 is 23.5 Å². The van der Waals surface area contributed by atoms with Gasteiger partial charge in [-0.1, -0.05) is 0 Å². The first kappa shape index (κ1) is 12.2. The van der Waals surface area contributed by atoms with E-state index in [1.165, 1.54) is 23.7 Å². The van der Waals surface area contributed by atoms with E-state index in [0.717, 1.165) is 12.1 Å². The van der Waals surface area contributed by atoms with E-state index in [0.29, 0.717) is 0 Å². The molecule has 1 aromatic carbocycles. The Labute approximate surface area is 100 Å². The number of fused-ring (bicyclic) bond motifs is 1. The van der Waals surface area contributed by atoms with E-state index in [4.69, 9.17) is 5.11 Å². The predicted molar refractivity (Wildman–Crippen MR) is 61.1 cm³/mol. The molecule has 2 rings (SSSR count). The molecule has 0 spiro atoms. The first-order valence-corrected chi connectivity index (χ1v) is 5.07. The minimum Gasteiger partial charge on any atom is -0.478 e. The molecule has 0 aliphatic heterocycles. The second kappa shape index (κ2) is 4.21. The summed E-state index contributed by atoms with van der Waals surface area (Å²) in [6.07, 6.45) is -2.83. The molecular weight excluding hydrogens is 244 g/mol. The maximum Gasteiger partial charge on any atom is 0.335 e. The Morgan fingerprint density at radius 3 is 2.56 bits per heavy atom. The number of halogens is 2. The van der Waals surface area contributed by atoms with Crippen LogP contribution in [0.5, 0.6) is 0 Å². The van der Waals surface area contributed by atoms with E-state index in [1.807, 2.05) is 0 Å². The van der Waals surface area contributed by atoms with Crippen molar-refractivity contribution in [3.8, 4) is 0 Å². The number of alkyl halides is 2. The average Bonchev–Trinajstić information content (AvgIpc) is 2.32. The van der Waals surface area contributed by atoms with Crippen molar-refractivity contribution in [2.24, 2.45) is 7.05 Å². The maximum atomic E-state index is 12.8. The molecule has 4 nitrogen and oxygen atoms in total. The summed E-state index contributed by atoms with van der Waals surface area (Å²) < 4.78 is 26.9. The number of carboxylic acids is 1. The number of carbonyl (C=O) groups is 1. The molecule has 0 unspecified atom stereocenters. The lowest BCUT2D eigenvalue weighted by molar-refractivity contribution is 0.0697. The SMILES string of the molecule is Cn1c(=O)cc(C(F)F)c2cc(C(=O)O)ccc21. The molecule has 0 saturated carbocycles. The van der Waals surface area contributed by atoms with Crippen molar-refractivity contribution in [2.75, 3.05) is 0 Å². The zero-order valence-corrected chi connectivity index (χ0v) is 9.35. The van der Waals surface area contributed by atoms with E-state index >= 15 is 0 Å². The average molecular weight is 253 g/mol. The van der Waals surface area contributed by atoms with Gasteiger partial charge in [-0.3, -0.25) is 4.79 Å². The van der Waals surface area contributed by atoms with Gasteiger partial charge in [0.2, 0.25) is 0 Å². The lowest BCUT2D eigenvalue weighted by atomic mass is 10.1. The fraction of sp³-hybridized carbons (Fsp3) is 0.167. The van der Waals surface area contributed by atoms with Crippen LogP contribution in [0.4, 0.5) is 8.78 Å². The minimum atomic E-state index is -2.83. The van der Waals surface area contributed by atoms with Crippen LogP contribution < -0.4 is 5.56 Å². The maximum absolute atomic E-state index is 12.8. The summed E-state index contributed by atoms with van der Waals surface area (Å²) in [4.78, 5) is 22.3. The van der Waals surface area contributed by atoms with Crippen molar-refractivity contribution < 1.29 is 18.7 Å². The molecule has 2 aromatic rings. The summed E-state index contributed by atoms with van der Waals surface area (Å²) in [6, 6.07) is 4.61. The second-order valence-corrected chi connectivity index (χ2v) is 3.83. The molecule has 1 heterocycles. The van der Waals surface area contributed by atoms with Gasteiger partial charge in [-0.25, -0.2) is 13.6 Å². The smallest absolute Gasteiger partial charge is 0.335 e. The van der Waals surface area contributed by atoms with Gasteiger partial charge >= 0.3 is 5.97 Å². The molecule has 0 fully saturated rings. The molecule has 0 bridgehead atoms. The number of benzene rings is 1. The van der Waals surface area contributed by atoms with Crippen LogP contribution in [0.1, 0.15) is 22.3 Å². The minimum absolute atomic E-state index is 0.0759. The highest BCUT2D eigenvalue weighted by Gasteiger charge is 2.16. The number of carboxylic acid groups (broad SMARTS) is 1. The third-order valence-corrected chi connectivity index (χ3v) is 2.76. The molecule has 0 saturated heterocycles. The number of aromatic nitrogens is 1. The summed E-state index contributed by atoms with van der Waals surface area (Å²) in [5.74, 6) is -1.20. The Kier molecular flexibility index (Phi) is 2.86. The summed E-state index contributed by atoms with van der Waals surface area (Å²) in [5.41, 5.74) is -0.817. The topological polar surface area (TPSA) is 59.3 Å². The van der Waals surface area contributed by atoms with Crippen LogP contribution in [0.25, 0.3) is 10.9 Å². The molecule has 94 valence electrons. The summed E-state index contributed by atoms with van der Waals surface area (Å²) >= 11 is 0. The summed E-state index contributed by atoms with van der Waals surface area (Å²) in [7, 11) is 1.44. The highest BCUT2D eigenvalue weighted by Crippen LogP contribution is 2.26. The number of hydrogen-bond acceptors (Lipinski definition) is 2. The van der Waals surface area contributed by atoms with Gasteiger partial charge in [-0.2, -0.15) is 0 Å². The van der Waals surface area contributed by atoms with Crippen LogP contribution in [-0.4, -0.2) is 15.6 Å².